The van der Waals surface area contributed by atoms with Crippen LogP contribution in [0.5, 0.6) is 0 Å². The maximum Gasteiger partial charge on any atom is 0.406 e. The number of nitrogens with one attached hydrogen (secondary N) is 1. The molecule has 2 aliphatic rings. The molecule has 20 heavy (non-hydrogen) atoms. The zero-order chi connectivity index (χ0) is 15.3. The highest BCUT2D eigenvalue weighted by Crippen LogP contribution is 2.55. The molecule has 1 N–H and O–H groups in total. The number of alkyl halides is 3. The number of hydrogen-bond acceptors (Lipinski definition) is 2. The molecule has 2 unspecified atom stereocenters. The average Bonchev–Trinajstić information content (AvgIpc) is 3.06. The van der Waals surface area contributed by atoms with E-state index in [1.807, 2.05) is 13.8 Å². The summed E-state index contributed by atoms with van der Waals surface area (Å²) in [4.78, 5) is 1.77. The van der Waals surface area contributed by atoms with Gasteiger partial charge in [0.25, 0.3) is 0 Å². The van der Waals surface area contributed by atoms with Crippen LogP contribution in [0.4, 0.5) is 13.2 Å². The predicted molar refractivity (Wildman–Crippen MR) is 74.6 cm³/mol. The van der Waals surface area contributed by atoms with Crippen LogP contribution in [0.1, 0.15) is 47.5 Å². The number of hydrogen-bond donors (Lipinski definition) is 1. The van der Waals surface area contributed by atoms with E-state index in [2.05, 4.69) is 26.1 Å². The normalized spacial score (nSPS) is 31.6. The molecule has 0 radical (unpaired) electrons. The summed E-state index contributed by atoms with van der Waals surface area (Å²) in [5.41, 5.74) is -1.57. The van der Waals surface area contributed by atoms with Gasteiger partial charge >= 0.3 is 6.18 Å². The fourth-order valence-electron chi connectivity index (χ4n) is 3.29. The lowest BCUT2D eigenvalue weighted by Gasteiger charge is -2.50. The molecule has 1 heterocycles. The maximum atomic E-state index is 13.5. The van der Waals surface area contributed by atoms with Gasteiger partial charge in [0, 0.05) is 25.2 Å². The summed E-state index contributed by atoms with van der Waals surface area (Å²) in [6.45, 7) is 11.4. The Hall–Kier alpha value is -0.290. The fourth-order valence-corrected chi connectivity index (χ4v) is 3.29. The van der Waals surface area contributed by atoms with Crippen molar-refractivity contribution in [3.05, 3.63) is 0 Å². The number of piperazine rings is 1. The molecule has 5 heteroatoms. The van der Waals surface area contributed by atoms with Gasteiger partial charge in [0.1, 0.15) is 5.54 Å². The van der Waals surface area contributed by atoms with Crippen molar-refractivity contribution in [3.63, 3.8) is 0 Å². The Kier molecular flexibility index (Phi) is 3.92. The van der Waals surface area contributed by atoms with Crippen molar-refractivity contribution in [1.29, 1.82) is 0 Å². The molecule has 2 rings (SSSR count). The topological polar surface area (TPSA) is 15.3 Å². The van der Waals surface area contributed by atoms with Gasteiger partial charge in [-0.15, -0.1) is 0 Å². The van der Waals surface area contributed by atoms with Gasteiger partial charge in [-0.25, -0.2) is 0 Å². The van der Waals surface area contributed by atoms with E-state index in [0.29, 0.717) is 13.1 Å². The van der Waals surface area contributed by atoms with Crippen LogP contribution < -0.4 is 5.32 Å². The minimum Gasteiger partial charge on any atom is -0.311 e. The van der Waals surface area contributed by atoms with E-state index >= 15 is 0 Å². The molecule has 0 amide bonds. The third-order valence-corrected chi connectivity index (χ3v) is 4.97. The molecule has 2 nitrogen and oxygen atoms in total. The molecule has 1 aliphatic carbocycles. The van der Waals surface area contributed by atoms with E-state index in [1.54, 1.807) is 4.90 Å². The van der Waals surface area contributed by atoms with Gasteiger partial charge in [-0.1, -0.05) is 34.6 Å². The molecule has 2 fully saturated rings. The standard InChI is InChI=1S/C15H27F3N2/c1-10(2)11-8-19-12(13(3,4)5)9-20(11)14(6-7-14)15(16,17)18/h10-12,19H,6-9H2,1-5H3. The summed E-state index contributed by atoms with van der Waals surface area (Å²) in [5.74, 6) is 0.225. The minimum absolute atomic E-state index is 0.0259. The summed E-state index contributed by atoms with van der Waals surface area (Å²) in [5, 5.41) is 3.46. The van der Waals surface area contributed by atoms with Crippen LogP contribution >= 0.6 is 0 Å². The van der Waals surface area contributed by atoms with Crippen LogP contribution in [0.3, 0.4) is 0 Å². The largest absolute Gasteiger partial charge is 0.406 e. The lowest BCUT2D eigenvalue weighted by atomic mass is 9.83. The molecular weight excluding hydrogens is 265 g/mol. The zero-order valence-electron chi connectivity index (χ0n) is 13.1. The summed E-state index contributed by atoms with van der Waals surface area (Å²) in [6, 6.07) is 0.0787. The van der Waals surface area contributed by atoms with Crippen LogP contribution in [0.15, 0.2) is 0 Å². The second kappa shape index (κ2) is 4.87. The predicted octanol–water partition coefficient (Wildman–Crippen LogP) is 3.43. The molecule has 0 aromatic heterocycles. The lowest BCUT2D eigenvalue weighted by molar-refractivity contribution is -0.210. The Bertz CT molecular complexity index is 353. The Morgan fingerprint density at radius 1 is 1.15 bits per heavy atom. The zero-order valence-corrected chi connectivity index (χ0v) is 13.1. The fraction of sp³-hybridized carbons (Fsp3) is 1.00. The highest BCUT2D eigenvalue weighted by atomic mass is 19.4. The second-order valence-electron chi connectivity index (χ2n) is 7.82. The van der Waals surface area contributed by atoms with Gasteiger partial charge < -0.3 is 5.32 Å². The molecule has 0 bridgehead atoms. The minimum atomic E-state index is -4.11. The quantitative estimate of drug-likeness (QED) is 0.839. The Morgan fingerprint density at radius 2 is 1.70 bits per heavy atom. The number of halogens is 3. The van der Waals surface area contributed by atoms with E-state index in [1.165, 1.54) is 0 Å². The van der Waals surface area contributed by atoms with Gasteiger partial charge in [0.2, 0.25) is 0 Å². The van der Waals surface area contributed by atoms with Crippen molar-refractivity contribution in [2.24, 2.45) is 11.3 Å². The second-order valence-corrected chi connectivity index (χ2v) is 7.82. The monoisotopic (exact) mass is 292 g/mol. The third kappa shape index (κ3) is 2.71. The van der Waals surface area contributed by atoms with Crippen molar-refractivity contribution in [3.8, 4) is 0 Å². The number of rotatable bonds is 2. The van der Waals surface area contributed by atoms with Crippen molar-refractivity contribution >= 4 is 0 Å². The maximum absolute atomic E-state index is 13.5. The van der Waals surface area contributed by atoms with E-state index in [9.17, 15) is 13.2 Å². The summed E-state index contributed by atoms with van der Waals surface area (Å²) >= 11 is 0. The van der Waals surface area contributed by atoms with Crippen LogP contribution in [0, 0.1) is 11.3 Å². The van der Waals surface area contributed by atoms with E-state index in [0.717, 1.165) is 0 Å². The molecule has 0 spiro atoms. The number of nitrogens with zero attached hydrogens (tertiary/aromatic N) is 1. The van der Waals surface area contributed by atoms with Gasteiger partial charge in [0.05, 0.1) is 0 Å². The molecule has 2 atom stereocenters. The van der Waals surface area contributed by atoms with Gasteiger partial charge in [-0.2, -0.15) is 13.2 Å². The van der Waals surface area contributed by atoms with Crippen molar-refractivity contribution < 1.29 is 13.2 Å². The Labute approximate surface area is 120 Å². The van der Waals surface area contributed by atoms with E-state index in [-0.39, 0.29) is 36.3 Å². The molecule has 0 aromatic rings. The first kappa shape index (κ1) is 16.1. The summed E-state index contributed by atoms with van der Waals surface area (Å²) in [7, 11) is 0. The average molecular weight is 292 g/mol. The highest BCUT2D eigenvalue weighted by molar-refractivity contribution is 5.13. The Morgan fingerprint density at radius 3 is 2.05 bits per heavy atom. The third-order valence-electron chi connectivity index (χ3n) is 4.97. The van der Waals surface area contributed by atoms with Gasteiger partial charge in [-0.3, -0.25) is 4.90 Å². The molecular formula is C15H27F3N2. The summed E-state index contributed by atoms with van der Waals surface area (Å²) < 4.78 is 40.4. The van der Waals surface area contributed by atoms with Crippen LogP contribution in [-0.4, -0.2) is 41.8 Å². The Balaban J connectivity index is 2.25. The van der Waals surface area contributed by atoms with Crippen molar-refractivity contribution in [1.82, 2.24) is 10.2 Å². The van der Waals surface area contributed by atoms with Gasteiger partial charge in [-0.05, 0) is 24.2 Å². The SMILES string of the molecule is CC(C)C1CNC(C(C)(C)C)CN1C1(C(F)(F)F)CC1. The molecule has 1 saturated heterocycles. The van der Waals surface area contributed by atoms with Gasteiger partial charge in [0.15, 0.2) is 0 Å². The molecule has 0 aromatic carbocycles. The van der Waals surface area contributed by atoms with E-state index < -0.39 is 11.7 Å². The molecule has 1 aliphatic heterocycles. The first-order valence-corrected chi connectivity index (χ1v) is 7.56. The van der Waals surface area contributed by atoms with Crippen LogP contribution in [0.2, 0.25) is 0 Å². The van der Waals surface area contributed by atoms with Crippen molar-refractivity contribution in [2.75, 3.05) is 13.1 Å². The first-order chi connectivity index (χ1) is 8.99. The first-order valence-electron chi connectivity index (χ1n) is 7.56. The van der Waals surface area contributed by atoms with Crippen molar-refractivity contribution in [2.45, 2.75) is 71.3 Å². The highest BCUT2D eigenvalue weighted by Gasteiger charge is 2.68. The van der Waals surface area contributed by atoms with Crippen LogP contribution in [-0.2, 0) is 0 Å². The molecule has 118 valence electrons. The molecule has 1 saturated carbocycles. The van der Waals surface area contributed by atoms with Crippen LogP contribution in [0.25, 0.3) is 0 Å². The van der Waals surface area contributed by atoms with E-state index in [4.69, 9.17) is 0 Å². The smallest absolute Gasteiger partial charge is 0.311 e. The lowest BCUT2D eigenvalue weighted by Crippen LogP contribution is -2.67. The summed E-state index contributed by atoms with van der Waals surface area (Å²) in [6.07, 6.45) is -3.59.